The van der Waals surface area contributed by atoms with Gasteiger partial charge in [-0.05, 0) is 91.7 Å². The maximum absolute atomic E-state index is 13.0. The van der Waals surface area contributed by atoms with Crippen LogP contribution >= 0.6 is 0 Å². The number of hydrogen-bond acceptors (Lipinski definition) is 7. The second-order valence-corrected chi connectivity index (χ2v) is 16.3. The van der Waals surface area contributed by atoms with E-state index in [9.17, 15) is 34.2 Å². The molecule has 0 fully saturated rings. The van der Waals surface area contributed by atoms with Crippen LogP contribution in [0.2, 0.25) is 19.1 Å². The van der Waals surface area contributed by atoms with Gasteiger partial charge in [-0.15, -0.1) is 12.3 Å². The highest BCUT2D eigenvalue weighted by molar-refractivity contribution is 6.69. The van der Waals surface area contributed by atoms with Crippen molar-refractivity contribution in [1.82, 2.24) is 20.6 Å². The number of carboxylic acid groups (broad SMARTS) is 1. The van der Waals surface area contributed by atoms with Crippen molar-refractivity contribution in [3.8, 4) is 12.3 Å². The monoisotopic (exact) mass is 632 g/mol. The van der Waals surface area contributed by atoms with Crippen molar-refractivity contribution in [3.05, 3.63) is 74.8 Å². The zero-order valence-corrected chi connectivity index (χ0v) is 26.6. The lowest BCUT2D eigenvalue weighted by atomic mass is 9.80. The molecule has 11 nitrogen and oxygen atoms in total. The quantitative estimate of drug-likeness (QED) is 0.0891. The fraction of sp³-hybridized carbons (Fsp3) is 0.424. The van der Waals surface area contributed by atoms with Gasteiger partial charge in [-0.2, -0.15) is 0 Å². The molecular formula is C33H40N4O7Si. The number of nitrogens with zero attached hydrogens (tertiary/aromatic N) is 1. The molecule has 6 N–H and O–H groups in total. The topological polar surface area (TPSA) is 182 Å². The number of fused-ring (bicyclic) bond motifs is 2. The first kappa shape index (κ1) is 33.6. The molecule has 1 heterocycles. The van der Waals surface area contributed by atoms with Crippen LogP contribution in [0.3, 0.4) is 0 Å². The van der Waals surface area contributed by atoms with Gasteiger partial charge in [-0.3, -0.25) is 14.4 Å². The van der Waals surface area contributed by atoms with Crippen LogP contribution in [0.4, 0.5) is 0 Å². The number of rotatable bonds is 14. The Bertz CT molecular complexity index is 1660. The normalized spacial score (nSPS) is 15.6. The SMILES string of the molecule is C#CCC(c1ccc(C(=O)N[C@@H](CCC(=O)NCCC[Si](C)(C)O)C(=O)O)cc1)[C@H]1CCc2cc3nc(CO)[nH]c(=O)c3cc21. The summed E-state index contributed by atoms with van der Waals surface area (Å²) in [4.78, 5) is 66.5. The Morgan fingerprint density at radius 2 is 1.93 bits per heavy atom. The molecule has 0 saturated carbocycles. The van der Waals surface area contributed by atoms with Crippen LogP contribution in [0.15, 0.2) is 41.2 Å². The molecule has 0 saturated heterocycles. The summed E-state index contributed by atoms with van der Waals surface area (Å²) in [7, 11) is -2.19. The Kier molecular flexibility index (Phi) is 10.9. The number of aromatic amines is 1. The van der Waals surface area contributed by atoms with Crippen LogP contribution in [0.25, 0.3) is 10.9 Å². The third-order valence-corrected chi connectivity index (χ3v) is 9.84. The Hall–Kier alpha value is -4.31. The average molecular weight is 633 g/mol. The maximum Gasteiger partial charge on any atom is 0.326 e. The molecule has 2 amide bonds. The van der Waals surface area contributed by atoms with Gasteiger partial charge in [-0.1, -0.05) is 12.1 Å². The van der Waals surface area contributed by atoms with E-state index in [1.54, 1.807) is 12.1 Å². The number of carboxylic acids is 1. The lowest BCUT2D eigenvalue weighted by molar-refractivity contribution is -0.139. The van der Waals surface area contributed by atoms with Gasteiger partial charge < -0.3 is 30.6 Å². The van der Waals surface area contributed by atoms with E-state index in [1.165, 1.54) is 0 Å². The Morgan fingerprint density at radius 3 is 2.58 bits per heavy atom. The summed E-state index contributed by atoms with van der Waals surface area (Å²) in [6.07, 6.45) is 8.33. The van der Waals surface area contributed by atoms with Crippen molar-refractivity contribution in [2.45, 2.75) is 82.1 Å². The van der Waals surface area contributed by atoms with Crippen LogP contribution in [-0.2, 0) is 22.6 Å². The van der Waals surface area contributed by atoms with Crippen LogP contribution in [0.1, 0.15) is 76.8 Å². The predicted molar refractivity (Wildman–Crippen MR) is 172 cm³/mol. The largest absolute Gasteiger partial charge is 0.480 e. The number of aliphatic hydroxyl groups excluding tert-OH is 1. The Morgan fingerprint density at radius 1 is 1.20 bits per heavy atom. The molecule has 12 heteroatoms. The number of terminal acetylenes is 1. The van der Waals surface area contributed by atoms with Gasteiger partial charge in [0.05, 0.1) is 10.9 Å². The number of nitrogens with one attached hydrogen (secondary N) is 3. The van der Waals surface area contributed by atoms with Gasteiger partial charge in [0, 0.05) is 30.9 Å². The molecular weight excluding hydrogens is 592 g/mol. The number of hydrogen-bond donors (Lipinski definition) is 6. The van der Waals surface area contributed by atoms with E-state index in [4.69, 9.17) is 6.42 Å². The summed E-state index contributed by atoms with van der Waals surface area (Å²) >= 11 is 0. The van der Waals surface area contributed by atoms with E-state index in [1.807, 2.05) is 37.4 Å². The molecule has 0 spiro atoms. The fourth-order valence-corrected chi connectivity index (χ4v) is 6.97. The zero-order valence-electron chi connectivity index (χ0n) is 25.6. The molecule has 238 valence electrons. The molecule has 0 aliphatic heterocycles. The molecule has 1 aromatic heterocycles. The van der Waals surface area contributed by atoms with E-state index in [-0.39, 0.29) is 54.1 Å². The first-order valence-corrected chi connectivity index (χ1v) is 18.3. The number of aliphatic carboxylic acids is 1. The third kappa shape index (κ3) is 8.66. The molecule has 2 aromatic carbocycles. The smallest absolute Gasteiger partial charge is 0.326 e. The van der Waals surface area contributed by atoms with Gasteiger partial charge in [-0.25, -0.2) is 9.78 Å². The lowest BCUT2D eigenvalue weighted by Gasteiger charge is -2.24. The average Bonchev–Trinajstić information content (AvgIpc) is 3.41. The summed E-state index contributed by atoms with van der Waals surface area (Å²) < 4.78 is 0. The number of aromatic nitrogens is 2. The second kappa shape index (κ2) is 14.6. The van der Waals surface area contributed by atoms with Crippen molar-refractivity contribution < 1.29 is 29.4 Å². The minimum atomic E-state index is -2.19. The fourth-order valence-electron chi connectivity index (χ4n) is 5.93. The number of amides is 2. The van der Waals surface area contributed by atoms with E-state index in [0.717, 1.165) is 29.5 Å². The Labute approximate surface area is 262 Å². The number of benzene rings is 2. The maximum atomic E-state index is 13.0. The number of carbonyl (C=O) groups excluding carboxylic acids is 2. The zero-order chi connectivity index (χ0) is 32.7. The van der Waals surface area contributed by atoms with Crippen molar-refractivity contribution in [2.75, 3.05) is 6.54 Å². The summed E-state index contributed by atoms with van der Waals surface area (Å²) in [5.74, 6) is 0.831. The van der Waals surface area contributed by atoms with Crippen LogP contribution in [-0.4, -0.2) is 63.7 Å². The highest BCUT2D eigenvalue weighted by Gasteiger charge is 2.32. The minimum Gasteiger partial charge on any atom is -0.480 e. The Balaban J connectivity index is 1.42. The third-order valence-electron chi connectivity index (χ3n) is 8.26. The molecule has 0 radical (unpaired) electrons. The molecule has 3 atom stereocenters. The second-order valence-electron chi connectivity index (χ2n) is 12.2. The molecule has 3 aromatic rings. The highest BCUT2D eigenvalue weighted by atomic mass is 28.4. The predicted octanol–water partition coefficient (Wildman–Crippen LogP) is 2.92. The number of aliphatic hydroxyl groups is 1. The van der Waals surface area contributed by atoms with Crippen molar-refractivity contribution in [1.29, 1.82) is 0 Å². The van der Waals surface area contributed by atoms with E-state index < -0.39 is 26.2 Å². The number of aryl methyl sites for hydroxylation is 1. The highest BCUT2D eigenvalue weighted by Crippen LogP contribution is 2.45. The van der Waals surface area contributed by atoms with E-state index in [2.05, 4.69) is 26.5 Å². The molecule has 4 rings (SSSR count). The van der Waals surface area contributed by atoms with Crippen LogP contribution < -0.4 is 16.2 Å². The summed E-state index contributed by atoms with van der Waals surface area (Å²) in [5, 5.41) is 24.7. The number of H-pyrrole nitrogens is 1. The van der Waals surface area contributed by atoms with Crippen LogP contribution in [0, 0.1) is 12.3 Å². The molecule has 1 aliphatic rings. The summed E-state index contributed by atoms with van der Waals surface area (Å²) in [6, 6.07) is 10.1. The van der Waals surface area contributed by atoms with E-state index >= 15 is 0 Å². The standard InChI is InChI=1S/C33H40N4O7Si/c1-4-6-23(24-12-11-22-17-28-26(18-25(22)24)32(41)37-29(19-38)35-28)20-7-9-21(10-8-20)31(40)36-27(33(42)43)13-14-30(39)34-15-5-16-45(2,3)44/h1,7-10,17-18,23-24,27,38,44H,5-6,11-16,19H2,2-3H3,(H,34,39)(H,36,40)(H,42,43)(H,35,37,41)/t23?,24-,27+/m1/s1. The molecule has 45 heavy (non-hydrogen) atoms. The van der Waals surface area contributed by atoms with Crippen molar-refractivity contribution >= 4 is 37.0 Å². The van der Waals surface area contributed by atoms with Crippen LogP contribution in [0.5, 0.6) is 0 Å². The molecule has 1 aliphatic carbocycles. The van der Waals surface area contributed by atoms with Gasteiger partial charge in [0.15, 0.2) is 8.32 Å². The first-order valence-electron chi connectivity index (χ1n) is 15.1. The molecule has 0 bridgehead atoms. The summed E-state index contributed by atoms with van der Waals surface area (Å²) in [5.41, 5.74) is 3.53. The minimum absolute atomic E-state index is 0.0387. The van der Waals surface area contributed by atoms with E-state index in [0.29, 0.717) is 36.3 Å². The van der Waals surface area contributed by atoms with Crippen molar-refractivity contribution in [3.63, 3.8) is 0 Å². The van der Waals surface area contributed by atoms with Gasteiger partial charge in [0.2, 0.25) is 5.91 Å². The van der Waals surface area contributed by atoms with Gasteiger partial charge in [0.25, 0.3) is 11.5 Å². The molecule has 1 unspecified atom stereocenters. The first-order chi connectivity index (χ1) is 21.4. The van der Waals surface area contributed by atoms with Gasteiger partial charge in [0.1, 0.15) is 18.5 Å². The van der Waals surface area contributed by atoms with Gasteiger partial charge >= 0.3 is 5.97 Å². The lowest BCUT2D eigenvalue weighted by Crippen LogP contribution is -2.41. The number of carbonyl (C=O) groups is 3. The van der Waals surface area contributed by atoms with Crippen molar-refractivity contribution in [2.24, 2.45) is 0 Å². The summed E-state index contributed by atoms with van der Waals surface area (Å²) in [6.45, 7) is 3.69.